The topological polar surface area (TPSA) is 30.3 Å². The first-order chi connectivity index (χ1) is 19.2. The number of aryl methyl sites for hydroxylation is 2. The molecule has 0 bridgehead atoms. The molecule has 1 N–H and O–H groups in total. The van der Waals surface area contributed by atoms with Gasteiger partial charge in [0.15, 0.2) is 0 Å². The second kappa shape index (κ2) is 16.2. The quantitative estimate of drug-likeness (QED) is 0.223. The molecule has 1 heterocycles. The fourth-order valence-corrected chi connectivity index (χ4v) is 5.34. The molecular weight excluding hydrogens is 507 g/mol. The normalized spacial score (nSPS) is 14.5. The van der Waals surface area contributed by atoms with E-state index < -0.39 is 6.55 Å². The molecule has 1 aliphatic heterocycles. The Morgan fingerprint density at radius 3 is 2.12 bits per heavy atom. The van der Waals surface area contributed by atoms with Crippen molar-refractivity contribution >= 4 is 11.4 Å². The molecule has 0 spiro atoms. The Bertz CT molecular complexity index is 1200. The Labute approximate surface area is 239 Å². The number of alkyl halides is 2. The van der Waals surface area contributed by atoms with Gasteiger partial charge < -0.3 is 4.90 Å². The standard InChI is InChI=1S/C30H34F3N3.2C2H6/c1-20-7-4-5-10-28(20)36(30(32)33)22(3)24-13-15-35(16-14-24)19-23-11-12-27(21(2)17-23)29(34)25-8-6-9-26(31)18-25;2*1-2/h4-12,17-18,22,24,30,34H,13-16,19H2,1-3H3;2*1-2H3. The summed E-state index contributed by atoms with van der Waals surface area (Å²) in [6.45, 7) is 13.8. The lowest BCUT2D eigenvalue weighted by molar-refractivity contribution is 0.104. The molecule has 1 fully saturated rings. The molecule has 3 aromatic carbocycles. The Kier molecular flexibility index (Phi) is 13.4. The van der Waals surface area contributed by atoms with Crippen LogP contribution >= 0.6 is 0 Å². The maximum atomic E-state index is 14.1. The van der Waals surface area contributed by atoms with Crippen LogP contribution in [0, 0.1) is 31.0 Å². The maximum absolute atomic E-state index is 14.1. The zero-order chi connectivity index (χ0) is 29.8. The van der Waals surface area contributed by atoms with E-state index in [9.17, 15) is 13.2 Å². The van der Waals surface area contributed by atoms with Gasteiger partial charge in [0.25, 0.3) is 0 Å². The highest BCUT2D eigenvalue weighted by Crippen LogP contribution is 2.32. The fourth-order valence-electron chi connectivity index (χ4n) is 5.34. The number of halogens is 3. The van der Waals surface area contributed by atoms with Crippen LogP contribution in [-0.4, -0.2) is 36.3 Å². The molecule has 4 rings (SSSR count). The zero-order valence-electron chi connectivity index (χ0n) is 25.1. The second-order valence-electron chi connectivity index (χ2n) is 9.86. The van der Waals surface area contributed by atoms with Gasteiger partial charge in [-0.2, -0.15) is 8.78 Å². The summed E-state index contributed by atoms with van der Waals surface area (Å²) in [6, 6.07) is 19.3. The van der Waals surface area contributed by atoms with Crippen LogP contribution in [0.1, 0.15) is 75.3 Å². The van der Waals surface area contributed by atoms with Crippen molar-refractivity contribution in [2.75, 3.05) is 18.0 Å². The molecule has 0 aromatic heterocycles. The Morgan fingerprint density at radius 1 is 0.900 bits per heavy atom. The van der Waals surface area contributed by atoms with Crippen LogP contribution in [0.2, 0.25) is 0 Å². The van der Waals surface area contributed by atoms with E-state index in [1.165, 1.54) is 17.0 Å². The zero-order valence-corrected chi connectivity index (χ0v) is 25.1. The minimum absolute atomic E-state index is 0.200. The van der Waals surface area contributed by atoms with Crippen LogP contribution in [-0.2, 0) is 6.54 Å². The van der Waals surface area contributed by atoms with E-state index in [1.807, 2.05) is 78.8 Å². The lowest BCUT2D eigenvalue weighted by Crippen LogP contribution is -2.46. The van der Waals surface area contributed by atoms with Crippen LogP contribution in [0.4, 0.5) is 18.9 Å². The van der Waals surface area contributed by atoms with Crippen molar-refractivity contribution < 1.29 is 13.2 Å². The summed E-state index contributed by atoms with van der Waals surface area (Å²) in [5.41, 5.74) is 5.28. The number of hydrogen-bond donors (Lipinski definition) is 1. The van der Waals surface area contributed by atoms with E-state index >= 15 is 0 Å². The first-order valence-electron chi connectivity index (χ1n) is 14.5. The Balaban J connectivity index is 0.00000134. The van der Waals surface area contributed by atoms with E-state index in [2.05, 4.69) is 11.0 Å². The minimum Gasteiger partial charge on any atom is -0.313 e. The molecule has 3 nitrogen and oxygen atoms in total. The molecule has 1 saturated heterocycles. The van der Waals surface area contributed by atoms with E-state index in [4.69, 9.17) is 5.41 Å². The molecule has 218 valence electrons. The number of anilines is 1. The van der Waals surface area contributed by atoms with E-state index in [-0.39, 0.29) is 17.8 Å². The molecule has 1 unspecified atom stereocenters. The highest BCUT2D eigenvalue weighted by Gasteiger charge is 2.32. The summed E-state index contributed by atoms with van der Waals surface area (Å²) in [6.07, 6.45) is 1.75. The number of nitrogens with one attached hydrogen (secondary N) is 1. The monoisotopic (exact) mass is 553 g/mol. The lowest BCUT2D eigenvalue weighted by Gasteiger charge is -2.40. The van der Waals surface area contributed by atoms with Crippen molar-refractivity contribution in [2.24, 2.45) is 5.92 Å². The van der Waals surface area contributed by atoms with Gasteiger partial charge in [-0.3, -0.25) is 10.3 Å². The molecule has 0 amide bonds. The van der Waals surface area contributed by atoms with Crippen LogP contribution in [0.5, 0.6) is 0 Å². The van der Waals surface area contributed by atoms with Crippen LogP contribution in [0.3, 0.4) is 0 Å². The van der Waals surface area contributed by atoms with Gasteiger partial charge in [0.2, 0.25) is 0 Å². The summed E-state index contributed by atoms with van der Waals surface area (Å²) in [7, 11) is 0. The minimum atomic E-state index is -2.54. The van der Waals surface area contributed by atoms with Gasteiger partial charge in [-0.05, 0) is 87.5 Å². The summed E-state index contributed by atoms with van der Waals surface area (Å²) in [5, 5.41) is 8.50. The molecule has 0 aliphatic carbocycles. The summed E-state index contributed by atoms with van der Waals surface area (Å²) in [4.78, 5) is 3.65. The highest BCUT2D eigenvalue weighted by molar-refractivity contribution is 6.11. The van der Waals surface area contributed by atoms with Crippen molar-refractivity contribution in [2.45, 2.75) is 80.4 Å². The first-order valence-corrected chi connectivity index (χ1v) is 14.5. The Hall–Kier alpha value is -3.12. The number of rotatable bonds is 8. The van der Waals surface area contributed by atoms with Gasteiger partial charge in [-0.15, -0.1) is 0 Å². The predicted molar refractivity (Wildman–Crippen MR) is 163 cm³/mol. The van der Waals surface area contributed by atoms with Crippen LogP contribution in [0.25, 0.3) is 0 Å². The summed E-state index contributed by atoms with van der Waals surface area (Å²) >= 11 is 0. The largest absolute Gasteiger partial charge is 0.315 e. The molecule has 40 heavy (non-hydrogen) atoms. The van der Waals surface area contributed by atoms with Crippen molar-refractivity contribution in [1.29, 1.82) is 5.41 Å². The number of hydrogen-bond acceptors (Lipinski definition) is 3. The number of nitrogens with zero attached hydrogens (tertiary/aromatic N) is 2. The number of piperidine rings is 1. The van der Waals surface area contributed by atoms with Gasteiger partial charge in [-0.25, -0.2) is 4.39 Å². The average Bonchev–Trinajstić information content (AvgIpc) is 2.96. The van der Waals surface area contributed by atoms with E-state index in [1.54, 1.807) is 18.2 Å². The fraction of sp³-hybridized carbons (Fsp3) is 0.441. The predicted octanol–water partition coefficient (Wildman–Crippen LogP) is 9.24. The maximum Gasteiger partial charge on any atom is 0.315 e. The third kappa shape index (κ3) is 8.44. The molecule has 1 aliphatic rings. The number of benzene rings is 3. The van der Waals surface area contributed by atoms with Crippen molar-refractivity contribution in [3.8, 4) is 0 Å². The van der Waals surface area contributed by atoms with Crippen molar-refractivity contribution in [1.82, 2.24) is 4.90 Å². The smallest absolute Gasteiger partial charge is 0.313 e. The van der Waals surface area contributed by atoms with Gasteiger partial charge in [0, 0.05) is 29.4 Å². The second-order valence-corrected chi connectivity index (χ2v) is 9.86. The van der Waals surface area contributed by atoms with Crippen LogP contribution < -0.4 is 4.90 Å². The van der Waals surface area contributed by atoms with Gasteiger partial charge in [0.1, 0.15) is 5.82 Å². The Morgan fingerprint density at radius 2 is 1.55 bits per heavy atom. The molecule has 0 radical (unpaired) electrons. The summed E-state index contributed by atoms with van der Waals surface area (Å²) in [5.74, 6) is -0.148. The van der Waals surface area contributed by atoms with E-state index in [0.717, 1.165) is 54.7 Å². The van der Waals surface area contributed by atoms with Crippen LogP contribution in [0.15, 0.2) is 66.7 Å². The van der Waals surface area contributed by atoms with Crippen molar-refractivity contribution in [3.63, 3.8) is 0 Å². The molecule has 3 aromatic rings. The number of para-hydroxylation sites is 1. The molecule has 1 atom stereocenters. The van der Waals surface area contributed by atoms with Gasteiger partial charge in [0.05, 0.1) is 5.71 Å². The number of likely N-dealkylation sites (tertiary alicyclic amines) is 1. The third-order valence-electron chi connectivity index (χ3n) is 7.44. The highest BCUT2D eigenvalue weighted by atomic mass is 19.3. The van der Waals surface area contributed by atoms with Gasteiger partial charge >= 0.3 is 6.55 Å². The lowest BCUT2D eigenvalue weighted by atomic mass is 9.88. The molecule has 6 heteroatoms. The first kappa shape index (κ1) is 33.1. The average molecular weight is 554 g/mol. The molecule has 0 saturated carbocycles. The van der Waals surface area contributed by atoms with E-state index in [0.29, 0.717) is 17.0 Å². The van der Waals surface area contributed by atoms with Crippen molar-refractivity contribution in [3.05, 3.63) is 100 Å². The SMILES string of the molecule is CC.CC.Cc1cc(CN2CCC(C(C)N(c3ccccc3C)C(F)F)CC2)ccc1C(=N)c1cccc(F)c1. The molecular formula is C34H46F3N3. The van der Waals surface area contributed by atoms with Gasteiger partial charge in [-0.1, -0.05) is 76.2 Å². The summed E-state index contributed by atoms with van der Waals surface area (Å²) < 4.78 is 41.7. The third-order valence-corrected chi connectivity index (χ3v) is 7.44.